The third-order valence-electron chi connectivity index (χ3n) is 6.91. The highest BCUT2D eigenvalue weighted by molar-refractivity contribution is 5.95. The van der Waals surface area contributed by atoms with Gasteiger partial charge in [-0.1, -0.05) is 29.9 Å². The van der Waals surface area contributed by atoms with E-state index in [0.29, 0.717) is 36.5 Å². The SMILES string of the molecule is CN1CCC(O)(C#Cc2ccc3c(c2)-c2nc(C(N)=O)c(C#CC4(O)CCN(C)C4=O)n2C=CC3)C1=O. The Kier molecular flexibility index (Phi) is 5.67. The molecule has 188 valence electrons. The van der Waals surface area contributed by atoms with Gasteiger partial charge in [0.2, 0.25) is 11.2 Å². The summed E-state index contributed by atoms with van der Waals surface area (Å²) in [6, 6.07) is 5.43. The summed E-state index contributed by atoms with van der Waals surface area (Å²) >= 11 is 0. The lowest BCUT2D eigenvalue weighted by Crippen LogP contribution is -2.37. The van der Waals surface area contributed by atoms with Crippen LogP contribution in [0.3, 0.4) is 0 Å². The van der Waals surface area contributed by atoms with Crippen molar-refractivity contribution in [3.63, 3.8) is 0 Å². The van der Waals surface area contributed by atoms with Gasteiger partial charge in [-0.25, -0.2) is 4.98 Å². The van der Waals surface area contributed by atoms with Crippen LogP contribution in [-0.2, 0) is 16.0 Å². The second-order valence-corrected chi connectivity index (χ2v) is 9.50. The van der Waals surface area contributed by atoms with Gasteiger partial charge >= 0.3 is 0 Å². The molecule has 2 aromatic rings. The van der Waals surface area contributed by atoms with Gasteiger partial charge in [0.15, 0.2) is 5.69 Å². The van der Waals surface area contributed by atoms with E-state index in [2.05, 4.69) is 28.7 Å². The molecule has 3 amide bonds. The monoisotopic (exact) mass is 499 g/mol. The molecule has 4 heterocycles. The van der Waals surface area contributed by atoms with E-state index in [0.717, 1.165) is 5.56 Å². The van der Waals surface area contributed by atoms with Gasteiger partial charge in [-0.15, -0.1) is 0 Å². The number of nitrogens with zero attached hydrogens (tertiary/aromatic N) is 4. The number of aliphatic hydroxyl groups is 2. The average Bonchev–Trinajstić information content (AvgIpc) is 3.40. The molecule has 1 aromatic heterocycles. The summed E-state index contributed by atoms with van der Waals surface area (Å²) in [4.78, 5) is 44.2. The smallest absolute Gasteiger partial charge is 0.270 e. The van der Waals surface area contributed by atoms with Crippen LogP contribution in [0.25, 0.3) is 17.6 Å². The molecule has 0 saturated carbocycles. The molecule has 2 fully saturated rings. The fraction of sp³-hybridized carbons (Fsp3) is 0.333. The first-order valence-corrected chi connectivity index (χ1v) is 11.8. The molecule has 0 spiro atoms. The van der Waals surface area contributed by atoms with Crippen LogP contribution in [0.2, 0.25) is 0 Å². The van der Waals surface area contributed by atoms with Crippen LogP contribution in [0.4, 0.5) is 0 Å². The van der Waals surface area contributed by atoms with Crippen molar-refractivity contribution in [2.24, 2.45) is 5.73 Å². The van der Waals surface area contributed by atoms with E-state index >= 15 is 0 Å². The lowest BCUT2D eigenvalue weighted by Gasteiger charge is -2.13. The molecule has 10 nitrogen and oxygen atoms in total. The summed E-state index contributed by atoms with van der Waals surface area (Å²) in [6.07, 6.45) is 4.52. The first-order valence-electron chi connectivity index (χ1n) is 11.8. The Labute approximate surface area is 213 Å². The van der Waals surface area contributed by atoms with Gasteiger partial charge in [0.1, 0.15) is 11.5 Å². The highest BCUT2D eigenvalue weighted by Crippen LogP contribution is 2.31. The molecule has 0 radical (unpaired) electrons. The molecule has 5 rings (SSSR count). The molecule has 0 aliphatic carbocycles. The van der Waals surface area contributed by atoms with E-state index in [1.165, 1.54) is 9.80 Å². The molecule has 10 heteroatoms. The van der Waals surface area contributed by atoms with Gasteiger partial charge < -0.3 is 25.7 Å². The second kappa shape index (κ2) is 8.63. The van der Waals surface area contributed by atoms with Crippen LogP contribution in [0.15, 0.2) is 24.3 Å². The molecule has 1 aromatic carbocycles. The van der Waals surface area contributed by atoms with Crippen LogP contribution >= 0.6 is 0 Å². The first-order chi connectivity index (χ1) is 17.5. The topological polar surface area (TPSA) is 142 Å². The van der Waals surface area contributed by atoms with E-state index in [1.54, 1.807) is 37.0 Å². The number of imidazole rings is 1. The Morgan fingerprint density at radius 2 is 1.65 bits per heavy atom. The molecule has 3 aliphatic heterocycles. The molecule has 0 bridgehead atoms. The molecule has 2 saturated heterocycles. The zero-order chi connectivity index (χ0) is 26.5. The number of carbonyl (C=O) groups is 3. The maximum absolute atomic E-state index is 12.4. The molecule has 3 aliphatic rings. The largest absolute Gasteiger partial charge is 0.369 e. The average molecular weight is 500 g/mol. The highest BCUT2D eigenvalue weighted by Gasteiger charge is 2.43. The van der Waals surface area contributed by atoms with Gasteiger partial charge in [-0.2, -0.15) is 0 Å². The number of amides is 3. The normalized spacial score (nSPS) is 24.1. The number of allylic oxidation sites excluding steroid dienone is 1. The van der Waals surface area contributed by atoms with Crippen molar-refractivity contribution in [1.82, 2.24) is 19.4 Å². The maximum atomic E-state index is 12.4. The predicted octanol–water partition coefficient (Wildman–Crippen LogP) is -0.435. The minimum Gasteiger partial charge on any atom is -0.369 e. The van der Waals surface area contributed by atoms with Crippen LogP contribution < -0.4 is 5.73 Å². The number of hydrogen-bond donors (Lipinski definition) is 3. The van der Waals surface area contributed by atoms with Gasteiger partial charge in [-0.05, 0) is 30.0 Å². The molecular formula is C27H25N5O5. The quantitative estimate of drug-likeness (QED) is 0.455. The van der Waals surface area contributed by atoms with Crippen LogP contribution in [0.1, 0.15) is 40.2 Å². The Morgan fingerprint density at radius 3 is 2.22 bits per heavy atom. The van der Waals surface area contributed by atoms with E-state index in [-0.39, 0.29) is 24.2 Å². The minimum absolute atomic E-state index is 0.0900. The maximum Gasteiger partial charge on any atom is 0.270 e. The number of rotatable bonds is 1. The fourth-order valence-corrected chi connectivity index (χ4v) is 4.66. The van der Waals surface area contributed by atoms with E-state index in [4.69, 9.17) is 5.73 Å². The van der Waals surface area contributed by atoms with Gasteiger partial charge in [0, 0.05) is 57.4 Å². The Hall–Kier alpha value is -4.38. The van der Waals surface area contributed by atoms with Crippen molar-refractivity contribution >= 4 is 23.9 Å². The lowest BCUT2D eigenvalue weighted by molar-refractivity contribution is -0.138. The standard InChI is InChI=1S/C27H25N5O5/c1-30-14-11-26(36,24(30)34)9-7-17-5-6-18-4-3-13-32-20(8-10-27(37)12-15-31(2)25(27)35)21(22(28)33)29-23(32)19(18)16-17/h3,5-6,13,16,36-37H,4,11-12,14-15H2,1-2H3,(H2,28,33). The van der Waals surface area contributed by atoms with Gasteiger partial charge in [0.25, 0.3) is 17.7 Å². The highest BCUT2D eigenvalue weighted by atomic mass is 16.3. The van der Waals surface area contributed by atoms with E-state index in [1.807, 2.05) is 12.1 Å². The molecule has 2 unspecified atom stereocenters. The van der Waals surface area contributed by atoms with Crippen molar-refractivity contribution in [2.75, 3.05) is 27.2 Å². The fourth-order valence-electron chi connectivity index (χ4n) is 4.66. The summed E-state index contributed by atoms with van der Waals surface area (Å²) in [5.74, 6) is 9.68. The zero-order valence-corrected chi connectivity index (χ0v) is 20.4. The molecule has 2 atom stereocenters. The summed E-state index contributed by atoms with van der Waals surface area (Å²) in [7, 11) is 3.20. The number of primary amides is 1. The molecule has 4 N–H and O–H groups in total. The van der Waals surface area contributed by atoms with Crippen molar-refractivity contribution in [3.8, 4) is 35.1 Å². The number of aromatic nitrogens is 2. The zero-order valence-electron chi connectivity index (χ0n) is 20.4. The van der Waals surface area contributed by atoms with Crippen LogP contribution in [0, 0.1) is 23.7 Å². The van der Waals surface area contributed by atoms with Crippen molar-refractivity contribution in [1.29, 1.82) is 0 Å². The summed E-state index contributed by atoms with van der Waals surface area (Å²) in [5.41, 5.74) is 4.22. The van der Waals surface area contributed by atoms with E-state index < -0.39 is 28.9 Å². The van der Waals surface area contributed by atoms with Gasteiger partial charge in [0.05, 0.1) is 0 Å². The number of benzene rings is 1. The third kappa shape index (κ3) is 4.06. The number of likely N-dealkylation sites (tertiary alicyclic amines) is 2. The Balaban J connectivity index is 1.59. The Morgan fingerprint density at radius 1 is 1.03 bits per heavy atom. The lowest BCUT2D eigenvalue weighted by atomic mass is 9.99. The summed E-state index contributed by atoms with van der Waals surface area (Å²) < 4.78 is 1.60. The third-order valence-corrected chi connectivity index (χ3v) is 6.91. The summed E-state index contributed by atoms with van der Waals surface area (Å²) in [6.45, 7) is 0.791. The number of likely N-dealkylation sites (N-methyl/N-ethyl adjacent to an activating group) is 2. The predicted molar refractivity (Wildman–Crippen MR) is 133 cm³/mol. The van der Waals surface area contributed by atoms with Crippen LogP contribution in [-0.4, -0.2) is 85.7 Å². The van der Waals surface area contributed by atoms with E-state index in [9.17, 15) is 24.6 Å². The second-order valence-electron chi connectivity index (χ2n) is 9.50. The van der Waals surface area contributed by atoms with Gasteiger partial charge in [-0.3, -0.25) is 19.0 Å². The number of nitrogens with two attached hydrogens (primary N) is 1. The first kappa shape index (κ1) is 24.3. The van der Waals surface area contributed by atoms with Crippen molar-refractivity contribution in [2.45, 2.75) is 30.5 Å². The molecular weight excluding hydrogens is 474 g/mol. The minimum atomic E-state index is -1.85. The number of carbonyl (C=O) groups excluding carboxylic acids is 3. The summed E-state index contributed by atoms with van der Waals surface area (Å²) in [5, 5.41) is 21.4. The van der Waals surface area contributed by atoms with Crippen molar-refractivity contribution < 1.29 is 24.6 Å². The Bertz CT molecular complexity index is 1520. The van der Waals surface area contributed by atoms with Crippen molar-refractivity contribution in [3.05, 3.63) is 46.8 Å². The van der Waals surface area contributed by atoms with Crippen LogP contribution in [0.5, 0.6) is 0 Å². The number of hydrogen-bond acceptors (Lipinski definition) is 6. The molecule has 37 heavy (non-hydrogen) atoms. The number of fused-ring (bicyclic) bond motifs is 3.